The quantitative estimate of drug-likeness (QED) is 0.538. The van der Waals surface area contributed by atoms with Crippen LogP contribution in [0.5, 0.6) is 0 Å². The highest BCUT2D eigenvalue weighted by molar-refractivity contribution is 6.30. The van der Waals surface area contributed by atoms with Crippen LogP contribution in [0, 0.1) is 6.92 Å². The molecule has 0 bridgehead atoms. The highest BCUT2D eigenvalue weighted by atomic mass is 35.5. The van der Waals surface area contributed by atoms with Crippen molar-refractivity contribution in [2.75, 3.05) is 5.73 Å². The first-order chi connectivity index (χ1) is 11.5. The number of hydrogen-bond acceptors (Lipinski definition) is 4. The fourth-order valence-corrected chi connectivity index (χ4v) is 2.36. The molecule has 3 aromatic rings. The van der Waals surface area contributed by atoms with Gasteiger partial charge in [-0.15, -0.1) is 5.11 Å². The van der Waals surface area contributed by atoms with Crippen molar-refractivity contribution in [2.24, 2.45) is 17.3 Å². The molecule has 1 aromatic carbocycles. The predicted molar refractivity (Wildman–Crippen MR) is 93.7 cm³/mol. The molecule has 0 aliphatic heterocycles. The van der Waals surface area contributed by atoms with Crippen LogP contribution in [-0.4, -0.2) is 9.78 Å². The summed E-state index contributed by atoms with van der Waals surface area (Å²) in [7, 11) is 1.97. The van der Waals surface area contributed by atoms with Crippen LogP contribution in [0.2, 0.25) is 5.02 Å². The Morgan fingerprint density at radius 1 is 1.16 bits per heavy atom. The van der Waals surface area contributed by atoms with Crippen molar-refractivity contribution in [1.29, 1.82) is 0 Å². The third-order valence-electron chi connectivity index (χ3n) is 3.68. The SMILES string of the molecule is Cc1ccc(Cl)cc1N=Nc1cnn(Cc2cc[n+](C)cc2)c1N.[Cl-]. The lowest BCUT2D eigenvalue weighted by molar-refractivity contribution is -0.671. The maximum absolute atomic E-state index is 6.13. The molecule has 0 aliphatic rings. The molecule has 8 heteroatoms. The number of nitrogen functional groups attached to an aromatic ring is 1. The Hall–Kier alpha value is -2.44. The van der Waals surface area contributed by atoms with Crippen LogP contribution in [-0.2, 0) is 13.6 Å². The second-order valence-electron chi connectivity index (χ2n) is 5.58. The topological polar surface area (TPSA) is 72.4 Å². The number of aromatic nitrogens is 3. The lowest BCUT2D eigenvalue weighted by atomic mass is 10.2. The van der Waals surface area contributed by atoms with E-state index in [4.69, 9.17) is 17.3 Å². The number of nitrogens with two attached hydrogens (primary N) is 1. The van der Waals surface area contributed by atoms with E-state index in [2.05, 4.69) is 15.3 Å². The molecular weight excluding hydrogens is 359 g/mol. The third kappa shape index (κ3) is 4.55. The zero-order valence-electron chi connectivity index (χ0n) is 13.9. The lowest BCUT2D eigenvalue weighted by Gasteiger charge is -2.03. The van der Waals surface area contributed by atoms with Crippen LogP contribution < -0.4 is 22.7 Å². The molecule has 2 aromatic heterocycles. The average molecular weight is 377 g/mol. The molecule has 2 N–H and O–H groups in total. The highest BCUT2D eigenvalue weighted by Crippen LogP contribution is 2.28. The Labute approximate surface area is 157 Å². The fourth-order valence-electron chi connectivity index (χ4n) is 2.20. The van der Waals surface area contributed by atoms with E-state index in [0.717, 1.165) is 11.1 Å². The minimum Gasteiger partial charge on any atom is -1.00 e. The molecule has 0 amide bonds. The van der Waals surface area contributed by atoms with Gasteiger partial charge >= 0.3 is 0 Å². The number of halogens is 2. The second-order valence-corrected chi connectivity index (χ2v) is 6.01. The van der Waals surface area contributed by atoms with Gasteiger partial charge < -0.3 is 18.1 Å². The molecule has 130 valence electrons. The average Bonchev–Trinajstić information content (AvgIpc) is 2.91. The summed E-state index contributed by atoms with van der Waals surface area (Å²) in [5, 5.41) is 13.4. The molecule has 25 heavy (non-hydrogen) atoms. The predicted octanol–water partition coefficient (Wildman–Crippen LogP) is 0.719. The maximum Gasteiger partial charge on any atom is 0.168 e. The minimum absolute atomic E-state index is 0. The zero-order valence-corrected chi connectivity index (χ0v) is 15.4. The fraction of sp³-hybridized carbons (Fsp3) is 0.176. The Bertz CT molecular complexity index is 887. The van der Waals surface area contributed by atoms with Crippen LogP contribution in [0.4, 0.5) is 17.2 Å². The van der Waals surface area contributed by atoms with E-state index in [1.807, 2.05) is 55.2 Å². The molecule has 2 heterocycles. The van der Waals surface area contributed by atoms with E-state index in [9.17, 15) is 0 Å². The largest absolute Gasteiger partial charge is 1.00 e. The Kier molecular flexibility index (Phi) is 6.12. The van der Waals surface area contributed by atoms with Gasteiger partial charge in [0.25, 0.3) is 0 Å². The molecule has 0 fully saturated rings. The molecule has 0 spiro atoms. The van der Waals surface area contributed by atoms with Gasteiger partial charge in [0.05, 0.1) is 18.4 Å². The van der Waals surface area contributed by atoms with E-state index in [1.54, 1.807) is 16.9 Å². The summed E-state index contributed by atoms with van der Waals surface area (Å²) in [6.07, 6.45) is 5.58. The van der Waals surface area contributed by atoms with Crippen molar-refractivity contribution < 1.29 is 17.0 Å². The van der Waals surface area contributed by atoms with Crippen LogP contribution in [0.1, 0.15) is 11.1 Å². The molecule has 0 radical (unpaired) electrons. The summed E-state index contributed by atoms with van der Waals surface area (Å²) in [5.41, 5.74) is 9.48. The van der Waals surface area contributed by atoms with Crippen LogP contribution >= 0.6 is 11.6 Å². The third-order valence-corrected chi connectivity index (χ3v) is 3.91. The van der Waals surface area contributed by atoms with Gasteiger partial charge in [0.15, 0.2) is 12.4 Å². The van der Waals surface area contributed by atoms with Crippen LogP contribution in [0.3, 0.4) is 0 Å². The number of benzene rings is 1. The van der Waals surface area contributed by atoms with E-state index >= 15 is 0 Å². The Morgan fingerprint density at radius 3 is 2.56 bits per heavy atom. The lowest BCUT2D eigenvalue weighted by Crippen LogP contribution is -3.00. The van der Waals surface area contributed by atoms with Crippen molar-refractivity contribution in [3.63, 3.8) is 0 Å². The van der Waals surface area contributed by atoms with Gasteiger partial charge in [-0.2, -0.15) is 10.2 Å². The highest BCUT2D eigenvalue weighted by Gasteiger charge is 2.08. The second kappa shape index (κ2) is 8.09. The van der Waals surface area contributed by atoms with Crippen molar-refractivity contribution in [1.82, 2.24) is 9.78 Å². The summed E-state index contributed by atoms with van der Waals surface area (Å²) in [6.45, 7) is 2.53. The first kappa shape index (κ1) is 18.9. The molecule has 0 atom stereocenters. The molecule has 0 unspecified atom stereocenters. The van der Waals surface area contributed by atoms with Gasteiger partial charge in [-0.1, -0.05) is 17.7 Å². The van der Waals surface area contributed by atoms with Gasteiger partial charge in [-0.25, -0.2) is 9.25 Å². The summed E-state index contributed by atoms with van der Waals surface area (Å²) >= 11 is 5.99. The normalized spacial score (nSPS) is 10.8. The van der Waals surface area contributed by atoms with Crippen molar-refractivity contribution in [2.45, 2.75) is 13.5 Å². The number of hydrogen-bond donors (Lipinski definition) is 1. The van der Waals surface area contributed by atoms with Gasteiger partial charge in [-0.05, 0) is 30.2 Å². The summed E-state index contributed by atoms with van der Waals surface area (Å²) in [6, 6.07) is 9.54. The smallest absolute Gasteiger partial charge is 0.168 e. The molecular formula is C17H18Cl2N6. The number of nitrogens with zero attached hydrogens (tertiary/aromatic N) is 5. The first-order valence-electron chi connectivity index (χ1n) is 7.46. The standard InChI is InChI=1S/C17H18ClN6.ClH/c1-12-3-4-14(18)9-15(12)21-22-16-10-20-24(17(16)19)11-13-5-7-23(2)8-6-13;/h3-10H,11,19H2,1-2H3;1H/q+1;/p-1. The monoisotopic (exact) mass is 376 g/mol. The van der Waals surface area contributed by atoms with E-state index in [0.29, 0.717) is 28.8 Å². The minimum atomic E-state index is 0. The number of aryl methyl sites for hydroxylation is 2. The Morgan fingerprint density at radius 2 is 1.84 bits per heavy atom. The van der Waals surface area contributed by atoms with Crippen molar-refractivity contribution in [3.8, 4) is 0 Å². The van der Waals surface area contributed by atoms with E-state index in [-0.39, 0.29) is 12.4 Å². The maximum atomic E-state index is 6.13. The van der Waals surface area contributed by atoms with Gasteiger partial charge in [0.1, 0.15) is 18.6 Å². The van der Waals surface area contributed by atoms with Crippen LogP contribution in [0.25, 0.3) is 0 Å². The molecule has 0 aliphatic carbocycles. The molecule has 0 saturated carbocycles. The molecule has 3 rings (SSSR count). The number of azo groups is 1. The first-order valence-corrected chi connectivity index (χ1v) is 7.84. The molecule has 0 saturated heterocycles. The summed E-state index contributed by atoms with van der Waals surface area (Å²) in [5.74, 6) is 0.478. The van der Waals surface area contributed by atoms with Gasteiger partial charge in [-0.3, -0.25) is 0 Å². The molecule has 6 nitrogen and oxygen atoms in total. The van der Waals surface area contributed by atoms with Gasteiger partial charge in [0, 0.05) is 17.2 Å². The summed E-state index contributed by atoms with van der Waals surface area (Å²) < 4.78 is 3.68. The van der Waals surface area contributed by atoms with Crippen molar-refractivity contribution >= 4 is 28.8 Å². The van der Waals surface area contributed by atoms with Crippen LogP contribution in [0.15, 0.2) is 59.2 Å². The summed E-state index contributed by atoms with van der Waals surface area (Å²) in [4.78, 5) is 0. The van der Waals surface area contributed by atoms with Crippen molar-refractivity contribution in [3.05, 3.63) is 65.1 Å². The number of pyridine rings is 1. The number of rotatable bonds is 4. The zero-order chi connectivity index (χ0) is 17.1. The van der Waals surface area contributed by atoms with Gasteiger partial charge in [0.2, 0.25) is 0 Å². The number of anilines is 1. The van der Waals surface area contributed by atoms with E-state index in [1.165, 1.54) is 0 Å². The Balaban J connectivity index is 0.00000225. The van der Waals surface area contributed by atoms with E-state index < -0.39 is 0 Å².